The second-order valence-corrected chi connectivity index (χ2v) is 10.00. The molecule has 1 amide bonds. The summed E-state index contributed by atoms with van der Waals surface area (Å²) in [5.41, 5.74) is 0.590. The van der Waals surface area contributed by atoms with E-state index in [2.05, 4.69) is 10.3 Å². The summed E-state index contributed by atoms with van der Waals surface area (Å²) >= 11 is 6.90. The van der Waals surface area contributed by atoms with Crippen LogP contribution in [0.5, 0.6) is 0 Å². The van der Waals surface area contributed by atoms with Crippen molar-refractivity contribution in [1.29, 1.82) is 0 Å². The Morgan fingerprint density at radius 2 is 1.87 bits per heavy atom. The van der Waals surface area contributed by atoms with Crippen LogP contribution in [0, 0.1) is 0 Å². The van der Waals surface area contributed by atoms with E-state index in [-0.39, 0.29) is 27.8 Å². The Morgan fingerprint density at radius 1 is 1.13 bits per heavy atom. The number of aromatic nitrogens is 1. The van der Waals surface area contributed by atoms with Gasteiger partial charge in [-0.3, -0.25) is 4.79 Å². The molecule has 31 heavy (non-hydrogen) atoms. The third kappa shape index (κ3) is 4.84. The largest absolute Gasteiger partial charge is 0.422 e. The molecule has 0 unspecified atom stereocenters. The normalized spacial score (nSPS) is 11.5. The summed E-state index contributed by atoms with van der Waals surface area (Å²) in [4.78, 5) is 28.9. The van der Waals surface area contributed by atoms with Gasteiger partial charge in [0.1, 0.15) is 5.58 Å². The van der Waals surface area contributed by atoms with Crippen LogP contribution in [-0.4, -0.2) is 25.1 Å². The molecule has 0 aliphatic carbocycles. The van der Waals surface area contributed by atoms with Crippen LogP contribution < -0.4 is 10.9 Å². The fourth-order valence-corrected chi connectivity index (χ4v) is 4.96. The number of nitrogens with one attached hydrogen (secondary N) is 1. The van der Waals surface area contributed by atoms with Crippen LogP contribution in [-0.2, 0) is 14.6 Å². The molecule has 2 aromatic carbocycles. The molecule has 0 aliphatic heterocycles. The van der Waals surface area contributed by atoms with Crippen molar-refractivity contribution in [3.8, 4) is 11.3 Å². The minimum atomic E-state index is -3.62. The number of hydrogen-bond donors (Lipinski definition) is 1. The van der Waals surface area contributed by atoms with E-state index in [1.807, 2.05) is 12.1 Å². The quantitative estimate of drug-likeness (QED) is 0.416. The van der Waals surface area contributed by atoms with Gasteiger partial charge in [-0.25, -0.2) is 18.2 Å². The molecule has 0 fully saturated rings. The second kappa shape index (κ2) is 8.62. The fourth-order valence-electron chi connectivity index (χ4n) is 2.86. The Bertz CT molecular complexity index is 1430. The topological polar surface area (TPSA) is 106 Å². The smallest absolute Gasteiger partial charge is 0.345 e. The van der Waals surface area contributed by atoms with E-state index in [0.29, 0.717) is 16.3 Å². The van der Waals surface area contributed by atoms with E-state index in [4.69, 9.17) is 16.0 Å². The number of fused-ring (bicyclic) bond motifs is 1. The van der Waals surface area contributed by atoms with Crippen molar-refractivity contribution in [2.24, 2.45) is 0 Å². The SMILES string of the molecule is O=C(CCS(=O)(=O)c1ccc(Cl)cc1)Nc1nc(-c2cc3ccccc3oc2=O)cs1. The van der Waals surface area contributed by atoms with Gasteiger partial charge in [-0.05, 0) is 36.4 Å². The van der Waals surface area contributed by atoms with Crippen molar-refractivity contribution in [3.63, 3.8) is 0 Å². The van der Waals surface area contributed by atoms with Crippen molar-refractivity contribution >= 4 is 54.8 Å². The van der Waals surface area contributed by atoms with Gasteiger partial charge in [0.15, 0.2) is 15.0 Å². The highest BCUT2D eigenvalue weighted by atomic mass is 35.5. The summed E-state index contributed by atoms with van der Waals surface area (Å²) in [6.07, 6.45) is -0.238. The monoisotopic (exact) mass is 474 g/mol. The molecular weight excluding hydrogens is 460 g/mol. The average Bonchev–Trinajstić information content (AvgIpc) is 3.20. The fraction of sp³-hybridized carbons (Fsp3) is 0.0952. The van der Waals surface area contributed by atoms with Gasteiger partial charge in [-0.1, -0.05) is 29.8 Å². The Kier molecular flexibility index (Phi) is 5.90. The number of carbonyl (C=O) groups is 1. The van der Waals surface area contributed by atoms with Crippen molar-refractivity contribution in [1.82, 2.24) is 4.98 Å². The van der Waals surface area contributed by atoms with Gasteiger partial charge in [0.2, 0.25) is 5.91 Å². The molecule has 0 spiro atoms. The molecule has 0 aliphatic rings. The molecule has 0 saturated heterocycles. The molecule has 7 nitrogen and oxygen atoms in total. The highest BCUT2D eigenvalue weighted by Gasteiger charge is 2.18. The van der Waals surface area contributed by atoms with Gasteiger partial charge in [-0.15, -0.1) is 11.3 Å². The molecule has 10 heteroatoms. The number of nitrogens with zero attached hydrogens (tertiary/aromatic N) is 1. The summed E-state index contributed by atoms with van der Waals surface area (Å²) in [5.74, 6) is -0.851. The number of sulfone groups is 1. The minimum Gasteiger partial charge on any atom is -0.422 e. The first-order valence-electron chi connectivity index (χ1n) is 9.09. The highest BCUT2D eigenvalue weighted by Crippen LogP contribution is 2.25. The van der Waals surface area contributed by atoms with Crippen LogP contribution >= 0.6 is 22.9 Å². The van der Waals surface area contributed by atoms with Crippen LogP contribution in [0.1, 0.15) is 6.42 Å². The van der Waals surface area contributed by atoms with Gasteiger partial charge < -0.3 is 9.73 Å². The maximum Gasteiger partial charge on any atom is 0.345 e. The molecule has 0 saturated carbocycles. The summed E-state index contributed by atoms with van der Waals surface area (Å²) in [6.45, 7) is 0. The van der Waals surface area contributed by atoms with E-state index in [1.54, 1.807) is 23.6 Å². The van der Waals surface area contributed by atoms with Gasteiger partial charge in [0.05, 0.1) is 21.9 Å². The predicted molar refractivity (Wildman–Crippen MR) is 120 cm³/mol. The number of rotatable bonds is 6. The Hall–Kier alpha value is -3.01. The van der Waals surface area contributed by atoms with E-state index >= 15 is 0 Å². The maximum absolute atomic E-state index is 12.4. The minimum absolute atomic E-state index is 0.101. The standard InChI is InChI=1S/C21H15ClN2O5S2/c22-14-5-7-15(8-6-14)31(27,28)10-9-19(25)24-21-23-17(12-30-21)16-11-13-3-1-2-4-18(13)29-20(16)26/h1-8,11-12H,9-10H2,(H,23,24,25). The Morgan fingerprint density at radius 3 is 2.65 bits per heavy atom. The Labute approximate surface area is 186 Å². The predicted octanol–water partition coefficient (Wildman–Crippen LogP) is 4.37. The van der Waals surface area contributed by atoms with E-state index in [9.17, 15) is 18.0 Å². The van der Waals surface area contributed by atoms with Crippen molar-refractivity contribution in [3.05, 3.63) is 75.4 Å². The summed E-state index contributed by atoms with van der Waals surface area (Å²) < 4.78 is 30.0. The summed E-state index contributed by atoms with van der Waals surface area (Å²) in [6, 6.07) is 14.6. The Balaban J connectivity index is 1.44. The van der Waals surface area contributed by atoms with Crippen molar-refractivity contribution < 1.29 is 17.6 Å². The second-order valence-electron chi connectivity index (χ2n) is 6.59. The third-order valence-corrected chi connectivity index (χ3v) is 7.18. The zero-order valence-corrected chi connectivity index (χ0v) is 18.3. The lowest BCUT2D eigenvalue weighted by Crippen LogP contribution is -2.17. The van der Waals surface area contributed by atoms with E-state index in [0.717, 1.165) is 16.7 Å². The number of benzene rings is 2. The molecule has 0 radical (unpaired) electrons. The molecule has 4 rings (SSSR count). The average molecular weight is 475 g/mol. The number of para-hydroxylation sites is 1. The zero-order chi connectivity index (χ0) is 22.0. The van der Waals surface area contributed by atoms with Crippen LogP contribution in [0.25, 0.3) is 22.2 Å². The third-order valence-electron chi connectivity index (χ3n) is 4.44. The van der Waals surface area contributed by atoms with Gasteiger partial charge in [0.25, 0.3) is 0 Å². The van der Waals surface area contributed by atoms with E-state index < -0.39 is 21.4 Å². The number of amides is 1. The lowest BCUT2D eigenvalue weighted by molar-refractivity contribution is -0.115. The van der Waals surface area contributed by atoms with Crippen molar-refractivity contribution in [2.75, 3.05) is 11.1 Å². The molecule has 158 valence electrons. The molecule has 0 bridgehead atoms. The number of hydrogen-bond acceptors (Lipinski definition) is 7. The first kappa shape index (κ1) is 21.2. The first-order chi connectivity index (χ1) is 14.8. The van der Waals surface area contributed by atoms with Crippen molar-refractivity contribution in [2.45, 2.75) is 11.3 Å². The zero-order valence-electron chi connectivity index (χ0n) is 15.9. The lowest BCUT2D eigenvalue weighted by atomic mass is 10.1. The van der Waals surface area contributed by atoms with Gasteiger partial charge in [-0.2, -0.15) is 0 Å². The highest BCUT2D eigenvalue weighted by molar-refractivity contribution is 7.91. The molecule has 4 aromatic rings. The number of anilines is 1. The van der Waals surface area contributed by atoms with Gasteiger partial charge >= 0.3 is 5.63 Å². The van der Waals surface area contributed by atoms with Crippen LogP contribution in [0.15, 0.2) is 74.1 Å². The summed E-state index contributed by atoms with van der Waals surface area (Å²) in [5, 5.41) is 5.64. The lowest BCUT2D eigenvalue weighted by Gasteiger charge is -2.05. The molecule has 1 N–H and O–H groups in total. The number of carbonyl (C=O) groups excluding carboxylic acids is 1. The molecular formula is C21H15ClN2O5S2. The van der Waals surface area contributed by atoms with Gasteiger partial charge in [0, 0.05) is 22.2 Å². The van der Waals surface area contributed by atoms with Crippen LogP contribution in [0.3, 0.4) is 0 Å². The van der Waals surface area contributed by atoms with E-state index in [1.165, 1.54) is 24.3 Å². The summed E-state index contributed by atoms with van der Waals surface area (Å²) in [7, 11) is -3.62. The maximum atomic E-state index is 12.4. The number of thiazole rings is 1. The first-order valence-corrected chi connectivity index (χ1v) is 12.0. The molecule has 0 atom stereocenters. The van der Waals surface area contributed by atoms with Crippen LogP contribution in [0.4, 0.5) is 5.13 Å². The molecule has 2 heterocycles. The number of halogens is 1. The van der Waals surface area contributed by atoms with Crippen LogP contribution in [0.2, 0.25) is 5.02 Å². The molecule has 2 aromatic heterocycles.